The van der Waals surface area contributed by atoms with Crippen LogP contribution in [0.15, 0.2) is 0 Å². The molecule has 0 unspecified atom stereocenters. The third kappa shape index (κ3) is 40.8. The maximum Gasteiger partial charge on any atom is 0.104 e. The summed E-state index contributed by atoms with van der Waals surface area (Å²) in [6.07, 6.45) is 52.2. The SMILES string of the molecule is CCCCCCCCCCCCCCCCCCCCSC(=S)SCCCCCCCCCCCCCCCCCCCC. The summed E-state index contributed by atoms with van der Waals surface area (Å²) in [6, 6.07) is 0. The number of unbranched alkanes of at least 4 members (excludes halogenated alkanes) is 34. The van der Waals surface area contributed by atoms with Gasteiger partial charge < -0.3 is 0 Å². The zero-order valence-electron chi connectivity index (χ0n) is 30.6. The van der Waals surface area contributed by atoms with E-state index in [-0.39, 0.29) is 0 Å². The van der Waals surface area contributed by atoms with Gasteiger partial charge in [0.15, 0.2) is 0 Å². The summed E-state index contributed by atoms with van der Waals surface area (Å²) in [5.74, 6) is 2.48. The van der Waals surface area contributed by atoms with Crippen LogP contribution in [0.2, 0.25) is 0 Å². The largest absolute Gasteiger partial charge is 0.108 e. The smallest absolute Gasteiger partial charge is 0.104 e. The van der Waals surface area contributed by atoms with E-state index < -0.39 is 0 Å². The summed E-state index contributed by atoms with van der Waals surface area (Å²) < 4.78 is 1.20. The molecular weight excluding hydrogens is 589 g/mol. The lowest BCUT2D eigenvalue weighted by molar-refractivity contribution is 0.527. The highest BCUT2D eigenvalue weighted by Crippen LogP contribution is 2.22. The average molecular weight is 671 g/mol. The summed E-state index contributed by atoms with van der Waals surface area (Å²) in [5, 5.41) is 0. The van der Waals surface area contributed by atoms with E-state index in [0.717, 1.165) is 0 Å². The summed E-state index contributed by atoms with van der Waals surface area (Å²) in [7, 11) is 0. The molecule has 0 saturated carbocycles. The fraction of sp³-hybridized carbons (Fsp3) is 0.976. The van der Waals surface area contributed by atoms with Gasteiger partial charge in [0, 0.05) is 0 Å². The second kappa shape index (κ2) is 41.8. The maximum atomic E-state index is 5.62. The molecule has 0 N–H and O–H groups in total. The molecule has 0 aromatic heterocycles. The van der Waals surface area contributed by atoms with Crippen molar-refractivity contribution >= 4 is 39.3 Å². The fourth-order valence-corrected chi connectivity index (χ4v) is 8.72. The molecule has 0 radical (unpaired) electrons. The molecule has 0 amide bonds. The lowest BCUT2D eigenvalue weighted by Crippen LogP contribution is -1.90. The predicted octanol–water partition coefficient (Wildman–Crippen LogP) is 16.8. The zero-order valence-corrected chi connectivity index (χ0v) is 33.0. The van der Waals surface area contributed by atoms with Gasteiger partial charge in [-0.25, -0.2) is 0 Å². The standard InChI is InChI=1S/C41H82S3/c1-3-5-7-9-11-13-15-17-19-21-23-25-27-29-31-33-35-37-39-43-41(42)44-40-38-36-34-32-30-28-26-24-22-20-18-16-14-12-10-8-6-4-2/h3-40H2,1-2H3. The normalized spacial score (nSPS) is 11.5. The Kier molecular flexibility index (Phi) is 42.6. The van der Waals surface area contributed by atoms with E-state index in [4.69, 9.17) is 12.2 Å². The van der Waals surface area contributed by atoms with Crippen molar-refractivity contribution in [2.45, 2.75) is 245 Å². The van der Waals surface area contributed by atoms with E-state index in [1.54, 1.807) is 0 Å². The number of hydrogen-bond acceptors (Lipinski definition) is 3. The fourth-order valence-electron chi connectivity index (χ4n) is 6.36. The Morgan fingerprint density at radius 1 is 0.273 bits per heavy atom. The summed E-state index contributed by atoms with van der Waals surface area (Å²) in [5.41, 5.74) is 0. The van der Waals surface area contributed by atoms with E-state index in [0.29, 0.717) is 0 Å². The minimum atomic E-state index is 1.20. The Morgan fingerprint density at radius 3 is 0.614 bits per heavy atom. The molecule has 0 aromatic rings. The second-order valence-corrected chi connectivity index (χ2v) is 17.4. The highest BCUT2D eigenvalue weighted by molar-refractivity contribution is 8.47. The molecule has 0 fully saturated rings. The molecule has 0 heterocycles. The molecule has 0 nitrogen and oxygen atoms in total. The van der Waals surface area contributed by atoms with E-state index in [2.05, 4.69) is 13.8 Å². The topological polar surface area (TPSA) is 0 Å². The Balaban J connectivity index is 3.14. The minimum Gasteiger partial charge on any atom is -0.108 e. The monoisotopic (exact) mass is 671 g/mol. The first kappa shape index (κ1) is 44.8. The number of thiocarbonyl (C=S) groups is 1. The lowest BCUT2D eigenvalue weighted by atomic mass is 10.0. The molecule has 0 aliphatic heterocycles. The molecule has 0 atom stereocenters. The Morgan fingerprint density at radius 2 is 0.432 bits per heavy atom. The molecule has 0 saturated heterocycles. The van der Waals surface area contributed by atoms with Gasteiger partial charge in [-0.15, -0.1) is 23.5 Å². The van der Waals surface area contributed by atoms with Crippen molar-refractivity contribution in [1.82, 2.24) is 0 Å². The molecule has 0 aliphatic rings. The van der Waals surface area contributed by atoms with Crippen molar-refractivity contribution in [3.05, 3.63) is 0 Å². The van der Waals surface area contributed by atoms with Crippen LogP contribution in [0.4, 0.5) is 0 Å². The Hall–Kier alpha value is 0.790. The van der Waals surface area contributed by atoms with Crippen LogP contribution >= 0.6 is 35.7 Å². The molecule has 3 heteroatoms. The van der Waals surface area contributed by atoms with Gasteiger partial charge in [0.05, 0.1) is 0 Å². The van der Waals surface area contributed by atoms with E-state index >= 15 is 0 Å². The van der Waals surface area contributed by atoms with Gasteiger partial charge in [0.1, 0.15) is 3.53 Å². The predicted molar refractivity (Wildman–Crippen MR) is 215 cm³/mol. The van der Waals surface area contributed by atoms with Crippen LogP contribution in [-0.4, -0.2) is 15.0 Å². The number of thioether (sulfide) groups is 2. The number of hydrogen-bond donors (Lipinski definition) is 0. The van der Waals surface area contributed by atoms with Crippen LogP contribution in [0.5, 0.6) is 0 Å². The van der Waals surface area contributed by atoms with Gasteiger partial charge in [-0.3, -0.25) is 0 Å². The summed E-state index contributed by atoms with van der Waals surface area (Å²) >= 11 is 9.52. The maximum absolute atomic E-state index is 5.62. The van der Waals surface area contributed by atoms with Crippen molar-refractivity contribution < 1.29 is 0 Å². The molecule has 0 aliphatic carbocycles. The second-order valence-electron chi connectivity index (χ2n) is 14.0. The molecule has 0 aromatic carbocycles. The van der Waals surface area contributed by atoms with Crippen LogP contribution in [0.1, 0.15) is 245 Å². The molecule has 44 heavy (non-hydrogen) atoms. The first-order chi connectivity index (χ1) is 21.8. The van der Waals surface area contributed by atoms with Crippen molar-refractivity contribution in [3.63, 3.8) is 0 Å². The highest BCUT2D eigenvalue weighted by Gasteiger charge is 2.01. The molecule has 0 rings (SSSR count). The van der Waals surface area contributed by atoms with Crippen LogP contribution in [0.25, 0.3) is 0 Å². The Labute approximate surface area is 294 Å². The van der Waals surface area contributed by atoms with E-state index in [9.17, 15) is 0 Å². The first-order valence-corrected chi connectivity index (χ1v) is 23.0. The van der Waals surface area contributed by atoms with Crippen molar-refractivity contribution in [2.75, 3.05) is 11.5 Å². The van der Waals surface area contributed by atoms with Crippen molar-refractivity contribution in [1.29, 1.82) is 0 Å². The van der Waals surface area contributed by atoms with Gasteiger partial charge in [-0.05, 0) is 24.3 Å². The Bertz CT molecular complexity index is 476. The summed E-state index contributed by atoms with van der Waals surface area (Å²) in [4.78, 5) is 0. The van der Waals surface area contributed by atoms with E-state index in [1.165, 1.54) is 246 Å². The van der Waals surface area contributed by atoms with Crippen molar-refractivity contribution in [3.8, 4) is 0 Å². The van der Waals surface area contributed by atoms with Gasteiger partial charge >= 0.3 is 0 Å². The van der Waals surface area contributed by atoms with Crippen LogP contribution in [0, 0.1) is 0 Å². The minimum absolute atomic E-state index is 1.20. The lowest BCUT2D eigenvalue weighted by Gasteiger charge is -2.05. The van der Waals surface area contributed by atoms with Crippen molar-refractivity contribution in [2.24, 2.45) is 0 Å². The third-order valence-corrected chi connectivity index (χ3v) is 12.3. The van der Waals surface area contributed by atoms with Gasteiger partial charge in [0.25, 0.3) is 0 Å². The van der Waals surface area contributed by atoms with Gasteiger partial charge in [-0.1, -0.05) is 244 Å². The van der Waals surface area contributed by atoms with Crippen LogP contribution in [0.3, 0.4) is 0 Å². The third-order valence-electron chi connectivity index (χ3n) is 9.44. The number of rotatable bonds is 38. The van der Waals surface area contributed by atoms with Crippen LogP contribution < -0.4 is 0 Å². The zero-order chi connectivity index (χ0) is 31.9. The summed E-state index contributed by atoms with van der Waals surface area (Å²) in [6.45, 7) is 4.61. The van der Waals surface area contributed by atoms with Gasteiger partial charge in [0.2, 0.25) is 0 Å². The molecular formula is C41H82S3. The average Bonchev–Trinajstić information content (AvgIpc) is 3.03. The van der Waals surface area contributed by atoms with Crippen LogP contribution in [-0.2, 0) is 0 Å². The first-order valence-electron chi connectivity index (χ1n) is 20.6. The molecule has 0 spiro atoms. The quantitative estimate of drug-likeness (QED) is 0.0474. The highest BCUT2D eigenvalue weighted by atomic mass is 32.2. The van der Waals surface area contributed by atoms with Gasteiger partial charge in [-0.2, -0.15) is 0 Å². The molecule has 0 bridgehead atoms. The molecule has 264 valence electrons. The van der Waals surface area contributed by atoms with E-state index in [1.807, 2.05) is 23.5 Å².